The van der Waals surface area contributed by atoms with E-state index in [0.717, 1.165) is 10.0 Å². The second-order valence-corrected chi connectivity index (χ2v) is 13.1. The summed E-state index contributed by atoms with van der Waals surface area (Å²) in [6.45, 7) is 1.82. The molecule has 2 unspecified atom stereocenters. The molecule has 1 amide bonds. The third-order valence-electron chi connectivity index (χ3n) is 6.93. The van der Waals surface area contributed by atoms with Crippen molar-refractivity contribution < 1.29 is 22.7 Å². The van der Waals surface area contributed by atoms with E-state index < -0.39 is 27.4 Å². The van der Waals surface area contributed by atoms with Gasteiger partial charge >= 0.3 is 5.97 Å². The van der Waals surface area contributed by atoms with Gasteiger partial charge in [0.25, 0.3) is 15.9 Å². The number of anilines is 2. The summed E-state index contributed by atoms with van der Waals surface area (Å²) < 4.78 is 36.2. The van der Waals surface area contributed by atoms with E-state index in [-0.39, 0.29) is 36.4 Å². The number of halogens is 3. The van der Waals surface area contributed by atoms with Crippen molar-refractivity contribution in [3.8, 4) is 0 Å². The number of methoxy groups -OCH3 is 1. The van der Waals surface area contributed by atoms with Crippen molar-refractivity contribution in [3.63, 3.8) is 0 Å². The van der Waals surface area contributed by atoms with Gasteiger partial charge in [-0.05, 0) is 49.2 Å². The van der Waals surface area contributed by atoms with Crippen LogP contribution in [0.15, 0.2) is 58.2 Å². The van der Waals surface area contributed by atoms with Crippen molar-refractivity contribution in [1.29, 1.82) is 0 Å². The Morgan fingerprint density at radius 3 is 2.47 bits per heavy atom. The van der Waals surface area contributed by atoms with E-state index in [0.29, 0.717) is 22.2 Å². The first-order valence-electron chi connectivity index (χ1n) is 11.7. The first kappa shape index (κ1) is 27.1. The summed E-state index contributed by atoms with van der Waals surface area (Å²) in [5.74, 6) is -1.26. The molecule has 2 aromatic carbocycles. The standard InChI is InChI=1S/C25H23BrCl2N4O5S/c1-25(12-15-3-5-17(26)6-4-15)23(34)31(20-10-18(27)9-19(28)11-20)24-29-13-21(32(24)25)38(35,36)30-8-7-16(14-30)22(33)37-2/h3-6,9-11,13,16H,7-8,12,14H2,1-2H3. The number of hydrogen-bond donors (Lipinski definition) is 0. The number of nitrogens with zero attached hydrogens (tertiary/aromatic N) is 4. The molecule has 2 aliphatic rings. The van der Waals surface area contributed by atoms with Crippen LogP contribution in [0.25, 0.3) is 0 Å². The molecule has 0 aliphatic carbocycles. The van der Waals surface area contributed by atoms with Crippen LogP contribution in [0, 0.1) is 5.92 Å². The molecule has 2 aliphatic heterocycles. The Hall–Kier alpha value is -2.44. The maximum atomic E-state index is 14.1. The lowest BCUT2D eigenvalue weighted by Crippen LogP contribution is -2.43. The minimum absolute atomic E-state index is 0.0134. The second kappa shape index (κ2) is 9.95. The third kappa shape index (κ3) is 4.54. The summed E-state index contributed by atoms with van der Waals surface area (Å²) in [4.78, 5) is 31.9. The van der Waals surface area contributed by atoms with Crippen LogP contribution >= 0.6 is 39.1 Å². The second-order valence-electron chi connectivity index (χ2n) is 9.45. The van der Waals surface area contributed by atoms with Crippen LogP contribution in [-0.4, -0.2) is 54.3 Å². The van der Waals surface area contributed by atoms with E-state index in [1.165, 1.54) is 27.1 Å². The zero-order valence-electron chi connectivity index (χ0n) is 20.4. The summed E-state index contributed by atoms with van der Waals surface area (Å²) in [6.07, 6.45) is 1.79. The summed E-state index contributed by atoms with van der Waals surface area (Å²) in [5, 5.41) is 0.499. The number of rotatable bonds is 6. The highest BCUT2D eigenvalue weighted by atomic mass is 79.9. The number of carbonyl (C=O) groups excluding carboxylic acids is 2. The molecule has 2 atom stereocenters. The van der Waals surface area contributed by atoms with E-state index in [4.69, 9.17) is 27.9 Å². The van der Waals surface area contributed by atoms with E-state index in [9.17, 15) is 18.0 Å². The van der Waals surface area contributed by atoms with E-state index in [1.807, 2.05) is 24.3 Å². The fourth-order valence-corrected chi connectivity index (χ4v) is 7.52. The van der Waals surface area contributed by atoms with Gasteiger partial charge in [0.1, 0.15) is 5.54 Å². The summed E-state index contributed by atoms with van der Waals surface area (Å²) in [5.41, 5.74) is -0.155. The Morgan fingerprint density at radius 1 is 1.18 bits per heavy atom. The number of esters is 1. The van der Waals surface area contributed by atoms with Crippen LogP contribution in [0.4, 0.5) is 11.6 Å². The normalized spacial score (nSPS) is 21.7. The molecule has 13 heteroatoms. The Morgan fingerprint density at radius 2 is 1.84 bits per heavy atom. The Kier molecular flexibility index (Phi) is 7.10. The molecular formula is C25H23BrCl2N4O5S. The van der Waals surface area contributed by atoms with Crippen molar-refractivity contribution in [2.45, 2.75) is 30.3 Å². The molecule has 5 rings (SSSR count). The molecule has 1 saturated heterocycles. The van der Waals surface area contributed by atoms with Crippen LogP contribution in [0.5, 0.6) is 0 Å². The molecule has 0 spiro atoms. The van der Waals surface area contributed by atoms with Crippen LogP contribution in [-0.2, 0) is 36.3 Å². The van der Waals surface area contributed by atoms with Crippen molar-refractivity contribution >= 4 is 72.7 Å². The Bertz CT molecular complexity index is 1530. The van der Waals surface area contributed by atoms with Crippen LogP contribution in [0.1, 0.15) is 18.9 Å². The number of ether oxygens (including phenoxy) is 1. The zero-order valence-corrected chi connectivity index (χ0v) is 24.3. The van der Waals surface area contributed by atoms with Gasteiger partial charge in [-0.15, -0.1) is 0 Å². The molecule has 3 heterocycles. The fraction of sp³-hybridized carbons (Fsp3) is 0.320. The largest absolute Gasteiger partial charge is 0.469 e. The lowest BCUT2D eigenvalue weighted by Gasteiger charge is -2.27. The monoisotopic (exact) mass is 640 g/mol. The number of carbonyl (C=O) groups is 2. The predicted molar refractivity (Wildman–Crippen MR) is 146 cm³/mol. The van der Waals surface area contributed by atoms with Crippen molar-refractivity contribution in [1.82, 2.24) is 13.9 Å². The highest BCUT2D eigenvalue weighted by molar-refractivity contribution is 9.10. The van der Waals surface area contributed by atoms with Gasteiger partial charge in [-0.1, -0.05) is 51.3 Å². The highest BCUT2D eigenvalue weighted by Gasteiger charge is 2.52. The van der Waals surface area contributed by atoms with E-state index in [2.05, 4.69) is 20.9 Å². The van der Waals surface area contributed by atoms with Crippen molar-refractivity contribution in [2.24, 2.45) is 5.92 Å². The first-order valence-corrected chi connectivity index (χ1v) is 14.7. The van der Waals surface area contributed by atoms with Crippen molar-refractivity contribution in [3.05, 3.63) is 68.7 Å². The minimum Gasteiger partial charge on any atom is -0.469 e. The summed E-state index contributed by atoms with van der Waals surface area (Å²) in [7, 11) is -2.85. The fourth-order valence-electron chi connectivity index (χ4n) is 5.05. The Balaban J connectivity index is 1.64. The topological polar surface area (TPSA) is 102 Å². The predicted octanol–water partition coefficient (Wildman–Crippen LogP) is 4.77. The number of aromatic nitrogens is 2. The van der Waals surface area contributed by atoms with Gasteiger partial charge in [0.05, 0.1) is 24.9 Å². The molecule has 0 saturated carbocycles. The molecule has 0 N–H and O–H groups in total. The van der Waals surface area contributed by atoms with Gasteiger partial charge in [-0.25, -0.2) is 18.3 Å². The number of amides is 1. The molecule has 3 aromatic rings. The van der Waals surface area contributed by atoms with Crippen LogP contribution in [0.2, 0.25) is 10.0 Å². The van der Waals surface area contributed by atoms with E-state index in [1.54, 1.807) is 25.1 Å². The highest BCUT2D eigenvalue weighted by Crippen LogP contribution is 2.45. The first-order chi connectivity index (χ1) is 18.0. The molecule has 0 bridgehead atoms. The molecule has 1 aromatic heterocycles. The quantitative estimate of drug-likeness (QED) is 0.359. The van der Waals surface area contributed by atoms with Gasteiger partial charge in [-0.2, -0.15) is 4.31 Å². The molecule has 9 nitrogen and oxygen atoms in total. The van der Waals surface area contributed by atoms with Gasteiger partial charge < -0.3 is 4.74 Å². The van der Waals surface area contributed by atoms with Gasteiger partial charge in [-0.3, -0.25) is 14.2 Å². The Labute approximate surface area is 238 Å². The average Bonchev–Trinajstić information content (AvgIpc) is 3.57. The maximum absolute atomic E-state index is 14.1. The summed E-state index contributed by atoms with van der Waals surface area (Å²) >= 11 is 15.9. The smallest absolute Gasteiger partial charge is 0.310 e. The lowest BCUT2D eigenvalue weighted by molar-refractivity contribution is -0.144. The number of benzene rings is 2. The average molecular weight is 642 g/mol. The number of sulfonamides is 1. The van der Waals surface area contributed by atoms with E-state index >= 15 is 0 Å². The molecule has 1 fully saturated rings. The number of fused-ring (bicyclic) bond motifs is 1. The third-order valence-corrected chi connectivity index (χ3v) is 9.72. The SMILES string of the molecule is COC(=O)C1CCN(S(=O)(=O)c2cnc3n2C(C)(Cc2ccc(Br)cc2)C(=O)N3c2cc(Cl)cc(Cl)c2)C1. The molecule has 38 heavy (non-hydrogen) atoms. The zero-order chi connectivity index (χ0) is 27.4. The van der Waals surface area contributed by atoms with Gasteiger partial charge in [0.2, 0.25) is 5.95 Å². The van der Waals surface area contributed by atoms with Crippen LogP contribution < -0.4 is 4.90 Å². The molecule has 0 radical (unpaired) electrons. The lowest BCUT2D eigenvalue weighted by atomic mass is 9.92. The van der Waals surface area contributed by atoms with Crippen LogP contribution in [0.3, 0.4) is 0 Å². The molecular weight excluding hydrogens is 619 g/mol. The minimum atomic E-state index is -4.12. The van der Waals surface area contributed by atoms with Gasteiger partial charge in [0.15, 0.2) is 5.03 Å². The summed E-state index contributed by atoms with van der Waals surface area (Å²) in [6, 6.07) is 12.1. The van der Waals surface area contributed by atoms with Crippen molar-refractivity contribution in [2.75, 3.05) is 25.1 Å². The number of hydrogen-bond acceptors (Lipinski definition) is 6. The molecule has 200 valence electrons. The van der Waals surface area contributed by atoms with Gasteiger partial charge in [0, 0.05) is 34.0 Å². The number of imidazole rings is 1. The maximum Gasteiger partial charge on any atom is 0.310 e.